The Labute approximate surface area is 118 Å². The monoisotopic (exact) mass is 333 g/mol. The van der Waals surface area contributed by atoms with Crippen LogP contribution in [0.4, 0.5) is 0 Å². The minimum Gasteiger partial charge on any atom is -0.478 e. The molecule has 2 rings (SSSR count). The third-order valence-corrected chi connectivity index (χ3v) is 4.67. The van der Waals surface area contributed by atoms with Crippen LogP contribution in [-0.2, 0) is 0 Å². The first-order valence-electron chi connectivity index (χ1n) is 5.85. The smallest absolute Gasteiger partial charge is 0.338 e. The standard InChI is InChI=1S/C12H13BrClNO3/c13-9-10(14)8(12(17)18)6-15(11(9)16)7-4-2-1-3-5-7/h6-7H,1-5H2,(H,17,18). The third-order valence-electron chi connectivity index (χ3n) is 3.32. The second kappa shape index (κ2) is 5.45. The largest absolute Gasteiger partial charge is 0.478 e. The Morgan fingerprint density at radius 3 is 2.56 bits per heavy atom. The molecule has 1 fully saturated rings. The van der Waals surface area contributed by atoms with Gasteiger partial charge in [0.25, 0.3) is 5.56 Å². The average molecular weight is 335 g/mol. The molecule has 1 heterocycles. The van der Waals surface area contributed by atoms with E-state index in [2.05, 4.69) is 15.9 Å². The van der Waals surface area contributed by atoms with E-state index in [9.17, 15) is 9.59 Å². The van der Waals surface area contributed by atoms with Crippen LogP contribution in [0.2, 0.25) is 5.02 Å². The molecule has 1 aliphatic rings. The highest BCUT2D eigenvalue weighted by Gasteiger charge is 2.22. The SMILES string of the molecule is O=C(O)c1cn(C2CCCCC2)c(=O)c(Br)c1Cl. The molecule has 1 aliphatic carbocycles. The van der Waals surface area contributed by atoms with E-state index in [0.717, 1.165) is 25.7 Å². The Kier molecular flexibility index (Phi) is 4.12. The summed E-state index contributed by atoms with van der Waals surface area (Å²) in [5.41, 5.74) is -0.286. The highest BCUT2D eigenvalue weighted by atomic mass is 79.9. The lowest BCUT2D eigenvalue weighted by Gasteiger charge is -2.24. The van der Waals surface area contributed by atoms with E-state index in [1.54, 1.807) is 0 Å². The van der Waals surface area contributed by atoms with Crippen LogP contribution in [0.3, 0.4) is 0 Å². The Morgan fingerprint density at radius 2 is 2.00 bits per heavy atom. The highest BCUT2D eigenvalue weighted by Crippen LogP contribution is 2.30. The summed E-state index contributed by atoms with van der Waals surface area (Å²) in [7, 11) is 0. The molecule has 18 heavy (non-hydrogen) atoms. The number of aromatic carboxylic acids is 1. The van der Waals surface area contributed by atoms with Crippen molar-refractivity contribution >= 4 is 33.5 Å². The van der Waals surface area contributed by atoms with Crippen LogP contribution in [0.15, 0.2) is 15.5 Å². The van der Waals surface area contributed by atoms with Crippen LogP contribution >= 0.6 is 27.5 Å². The zero-order valence-corrected chi connectivity index (χ0v) is 12.0. The summed E-state index contributed by atoms with van der Waals surface area (Å²) in [6, 6.07) is 0.0814. The number of aromatic nitrogens is 1. The van der Waals surface area contributed by atoms with Gasteiger partial charge in [0.05, 0.1) is 10.6 Å². The van der Waals surface area contributed by atoms with Crippen LogP contribution in [0.1, 0.15) is 48.5 Å². The molecule has 1 aromatic heterocycles. The Balaban J connectivity index is 2.53. The maximum absolute atomic E-state index is 12.1. The van der Waals surface area contributed by atoms with Gasteiger partial charge in [0.1, 0.15) is 4.47 Å². The van der Waals surface area contributed by atoms with Crippen LogP contribution < -0.4 is 5.56 Å². The van der Waals surface area contributed by atoms with Crippen LogP contribution in [-0.4, -0.2) is 15.6 Å². The topological polar surface area (TPSA) is 59.3 Å². The fourth-order valence-electron chi connectivity index (χ4n) is 2.36. The summed E-state index contributed by atoms with van der Waals surface area (Å²) in [6.45, 7) is 0. The number of carboxylic acids is 1. The van der Waals surface area contributed by atoms with Gasteiger partial charge in [-0.05, 0) is 28.8 Å². The van der Waals surface area contributed by atoms with Crippen LogP contribution in [0, 0.1) is 0 Å². The average Bonchev–Trinajstić information content (AvgIpc) is 2.37. The minimum absolute atomic E-state index is 0.0282. The molecule has 0 atom stereocenters. The van der Waals surface area contributed by atoms with Crippen molar-refractivity contribution in [2.45, 2.75) is 38.1 Å². The molecule has 0 aliphatic heterocycles. The van der Waals surface area contributed by atoms with Gasteiger partial charge in [-0.15, -0.1) is 0 Å². The Morgan fingerprint density at radius 1 is 1.39 bits per heavy atom. The van der Waals surface area contributed by atoms with Crippen molar-refractivity contribution in [1.29, 1.82) is 0 Å². The van der Waals surface area contributed by atoms with Crippen molar-refractivity contribution in [2.24, 2.45) is 0 Å². The van der Waals surface area contributed by atoms with Crippen LogP contribution in [0.25, 0.3) is 0 Å². The molecule has 0 saturated heterocycles. The van der Waals surface area contributed by atoms with Gasteiger partial charge >= 0.3 is 5.97 Å². The molecule has 1 saturated carbocycles. The third kappa shape index (κ3) is 2.47. The summed E-state index contributed by atoms with van der Waals surface area (Å²) < 4.78 is 1.65. The zero-order valence-electron chi connectivity index (χ0n) is 9.66. The first kappa shape index (κ1) is 13.6. The van der Waals surface area contributed by atoms with Crippen molar-refractivity contribution in [1.82, 2.24) is 4.57 Å². The fourth-order valence-corrected chi connectivity index (χ4v) is 2.99. The second-order valence-electron chi connectivity index (χ2n) is 4.48. The molecule has 4 nitrogen and oxygen atoms in total. The van der Waals surface area contributed by atoms with Crippen molar-refractivity contribution in [3.8, 4) is 0 Å². The predicted molar refractivity (Wildman–Crippen MR) is 72.5 cm³/mol. The Hall–Kier alpha value is -0.810. The summed E-state index contributed by atoms with van der Waals surface area (Å²) >= 11 is 8.95. The van der Waals surface area contributed by atoms with Crippen molar-refractivity contribution in [3.05, 3.63) is 31.6 Å². The molecular formula is C12H13BrClNO3. The van der Waals surface area contributed by atoms with Crippen molar-refractivity contribution in [3.63, 3.8) is 0 Å². The second-order valence-corrected chi connectivity index (χ2v) is 5.65. The van der Waals surface area contributed by atoms with E-state index in [0.29, 0.717) is 0 Å². The lowest BCUT2D eigenvalue weighted by Crippen LogP contribution is -2.28. The number of carboxylic acid groups (broad SMARTS) is 1. The minimum atomic E-state index is -1.12. The number of halogens is 2. The summed E-state index contributed by atoms with van der Waals surface area (Å²) in [4.78, 5) is 23.2. The molecule has 1 aromatic rings. The number of carbonyl (C=O) groups is 1. The highest BCUT2D eigenvalue weighted by molar-refractivity contribution is 9.10. The van der Waals surface area contributed by atoms with Gasteiger partial charge < -0.3 is 9.67 Å². The molecule has 6 heteroatoms. The molecule has 0 amide bonds. The molecular weight excluding hydrogens is 321 g/mol. The van der Waals surface area contributed by atoms with Gasteiger partial charge in [-0.1, -0.05) is 30.9 Å². The maximum Gasteiger partial charge on any atom is 0.338 e. The molecule has 1 N–H and O–H groups in total. The summed E-state index contributed by atoms with van der Waals surface area (Å²) in [5, 5.41) is 9.05. The first-order chi connectivity index (χ1) is 8.52. The summed E-state index contributed by atoms with van der Waals surface area (Å²) in [5.74, 6) is -1.12. The maximum atomic E-state index is 12.1. The molecule has 0 bridgehead atoms. The van der Waals surface area contributed by atoms with E-state index in [4.69, 9.17) is 16.7 Å². The van der Waals surface area contributed by atoms with E-state index < -0.39 is 5.97 Å². The van der Waals surface area contributed by atoms with Gasteiger partial charge in [-0.25, -0.2) is 4.79 Å². The normalized spacial score (nSPS) is 16.8. The first-order valence-corrected chi connectivity index (χ1v) is 7.03. The van der Waals surface area contributed by atoms with Gasteiger partial charge in [0.15, 0.2) is 0 Å². The zero-order chi connectivity index (χ0) is 13.3. The lowest BCUT2D eigenvalue weighted by molar-refractivity contribution is 0.0695. The van der Waals surface area contributed by atoms with Crippen molar-refractivity contribution < 1.29 is 9.90 Å². The van der Waals surface area contributed by atoms with Gasteiger partial charge in [-0.3, -0.25) is 4.79 Å². The van der Waals surface area contributed by atoms with E-state index in [1.807, 2.05) is 0 Å². The molecule has 0 radical (unpaired) electrons. The van der Waals surface area contributed by atoms with E-state index >= 15 is 0 Å². The predicted octanol–water partition coefficient (Wildman–Crippen LogP) is 3.47. The van der Waals surface area contributed by atoms with E-state index in [1.165, 1.54) is 17.2 Å². The molecule has 0 spiro atoms. The van der Waals surface area contributed by atoms with Crippen LogP contribution in [0.5, 0.6) is 0 Å². The summed E-state index contributed by atoms with van der Waals surface area (Å²) in [6.07, 6.45) is 6.50. The fraction of sp³-hybridized carbons (Fsp3) is 0.500. The Bertz CT molecular complexity index is 535. The quantitative estimate of drug-likeness (QED) is 0.901. The molecule has 0 unspecified atom stereocenters. The number of hydrogen-bond acceptors (Lipinski definition) is 2. The lowest BCUT2D eigenvalue weighted by atomic mass is 9.95. The van der Waals surface area contributed by atoms with Gasteiger partial charge in [0, 0.05) is 12.2 Å². The van der Waals surface area contributed by atoms with Gasteiger partial charge in [-0.2, -0.15) is 0 Å². The molecule has 98 valence electrons. The number of hydrogen-bond donors (Lipinski definition) is 1. The van der Waals surface area contributed by atoms with E-state index in [-0.39, 0.29) is 26.7 Å². The number of nitrogens with zero attached hydrogens (tertiary/aromatic N) is 1. The molecule has 0 aromatic carbocycles. The van der Waals surface area contributed by atoms with Crippen molar-refractivity contribution in [2.75, 3.05) is 0 Å². The van der Waals surface area contributed by atoms with Gasteiger partial charge in [0.2, 0.25) is 0 Å². The number of pyridine rings is 1. The number of rotatable bonds is 2.